The van der Waals surface area contributed by atoms with E-state index >= 15 is 0 Å². The largest absolute Gasteiger partial charge is 0.386 e. The SMILES string of the molecule is CCCCCCCCCC(=O)NC(CN1CCOCC1)C(O)c1ccccc1.Cl. The first-order chi connectivity index (χ1) is 13.7. The van der Waals surface area contributed by atoms with Crippen molar-refractivity contribution in [2.45, 2.75) is 70.4 Å². The van der Waals surface area contributed by atoms with Gasteiger partial charge >= 0.3 is 0 Å². The molecule has 0 bridgehead atoms. The van der Waals surface area contributed by atoms with Gasteiger partial charge in [-0.2, -0.15) is 0 Å². The van der Waals surface area contributed by atoms with E-state index in [2.05, 4.69) is 17.1 Å². The summed E-state index contributed by atoms with van der Waals surface area (Å²) >= 11 is 0. The molecule has 0 aromatic heterocycles. The van der Waals surface area contributed by atoms with Gasteiger partial charge in [0.05, 0.1) is 19.3 Å². The zero-order chi connectivity index (χ0) is 20.0. The minimum Gasteiger partial charge on any atom is -0.386 e. The summed E-state index contributed by atoms with van der Waals surface area (Å²) in [4.78, 5) is 14.8. The number of ether oxygens (including phenoxy) is 1. The number of unbranched alkanes of at least 4 members (excludes halogenated alkanes) is 6. The Kier molecular flexibility index (Phi) is 14.0. The summed E-state index contributed by atoms with van der Waals surface area (Å²) in [6.45, 7) is 5.96. The summed E-state index contributed by atoms with van der Waals surface area (Å²) < 4.78 is 5.42. The molecule has 0 aliphatic carbocycles. The molecule has 1 saturated heterocycles. The quantitative estimate of drug-likeness (QED) is 0.466. The molecule has 1 amide bonds. The lowest BCUT2D eigenvalue weighted by Gasteiger charge is -2.33. The summed E-state index contributed by atoms with van der Waals surface area (Å²) in [5.41, 5.74) is 0.844. The number of nitrogens with one attached hydrogen (secondary N) is 1. The molecule has 2 unspecified atom stereocenters. The number of carbonyl (C=O) groups is 1. The van der Waals surface area contributed by atoms with Gasteiger partial charge in [0, 0.05) is 26.1 Å². The Labute approximate surface area is 182 Å². The molecule has 1 aliphatic heterocycles. The third kappa shape index (κ3) is 10.4. The molecule has 1 aliphatic rings. The van der Waals surface area contributed by atoms with Gasteiger partial charge in [-0.25, -0.2) is 0 Å². The molecular weight excluding hydrogens is 388 g/mol. The fourth-order valence-corrected chi connectivity index (χ4v) is 3.69. The van der Waals surface area contributed by atoms with Crippen molar-refractivity contribution >= 4 is 18.3 Å². The van der Waals surface area contributed by atoms with Crippen molar-refractivity contribution in [1.29, 1.82) is 0 Å². The third-order valence-electron chi connectivity index (χ3n) is 5.43. The molecule has 0 saturated carbocycles. The topological polar surface area (TPSA) is 61.8 Å². The van der Waals surface area contributed by atoms with E-state index in [1.54, 1.807) is 0 Å². The van der Waals surface area contributed by atoms with Crippen LogP contribution in [0.5, 0.6) is 0 Å². The first-order valence-corrected chi connectivity index (χ1v) is 11.0. The molecule has 2 N–H and O–H groups in total. The molecule has 29 heavy (non-hydrogen) atoms. The van der Waals surface area contributed by atoms with Crippen LogP contribution in [-0.4, -0.2) is 54.8 Å². The van der Waals surface area contributed by atoms with Gasteiger partial charge in [0.15, 0.2) is 0 Å². The predicted octanol–water partition coefficient (Wildman–Crippen LogP) is 4.10. The normalized spacial score (nSPS) is 16.6. The van der Waals surface area contributed by atoms with Crippen molar-refractivity contribution < 1.29 is 14.6 Å². The van der Waals surface area contributed by atoms with Gasteiger partial charge in [-0.05, 0) is 12.0 Å². The van der Waals surface area contributed by atoms with E-state index in [0.717, 1.165) is 31.5 Å². The Bertz CT molecular complexity index is 538. The number of nitrogens with zero attached hydrogens (tertiary/aromatic N) is 1. The molecule has 0 radical (unpaired) electrons. The van der Waals surface area contributed by atoms with Crippen LogP contribution in [0, 0.1) is 0 Å². The second-order valence-corrected chi connectivity index (χ2v) is 7.81. The molecule has 1 fully saturated rings. The average Bonchev–Trinajstić information content (AvgIpc) is 2.73. The summed E-state index contributed by atoms with van der Waals surface area (Å²) in [6.07, 6.45) is 8.19. The lowest BCUT2D eigenvalue weighted by Crippen LogP contribution is -2.49. The van der Waals surface area contributed by atoms with Gasteiger partial charge in [0.1, 0.15) is 6.10 Å². The number of hydrogen-bond donors (Lipinski definition) is 2. The zero-order valence-corrected chi connectivity index (χ0v) is 18.7. The van der Waals surface area contributed by atoms with Crippen molar-refractivity contribution in [3.05, 3.63) is 35.9 Å². The fraction of sp³-hybridized carbons (Fsp3) is 0.696. The monoisotopic (exact) mass is 426 g/mol. The van der Waals surface area contributed by atoms with E-state index in [0.29, 0.717) is 26.2 Å². The van der Waals surface area contributed by atoms with Crippen LogP contribution >= 0.6 is 12.4 Å². The Morgan fingerprint density at radius 3 is 2.34 bits per heavy atom. The predicted molar refractivity (Wildman–Crippen MR) is 120 cm³/mol. The zero-order valence-electron chi connectivity index (χ0n) is 17.9. The number of hydrogen-bond acceptors (Lipinski definition) is 4. The number of carbonyl (C=O) groups excluding carboxylic acids is 1. The molecule has 2 atom stereocenters. The van der Waals surface area contributed by atoms with Crippen molar-refractivity contribution in [1.82, 2.24) is 10.2 Å². The summed E-state index contributed by atoms with van der Waals surface area (Å²) in [5, 5.41) is 14.0. The first-order valence-electron chi connectivity index (χ1n) is 11.0. The second-order valence-electron chi connectivity index (χ2n) is 7.81. The number of amides is 1. The van der Waals surface area contributed by atoms with E-state index in [4.69, 9.17) is 4.74 Å². The Balaban J connectivity index is 0.00000420. The van der Waals surface area contributed by atoms with Gasteiger partial charge in [0.2, 0.25) is 5.91 Å². The van der Waals surface area contributed by atoms with Crippen LogP contribution < -0.4 is 5.32 Å². The van der Waals surface area contributed by atoms with Crippen LogP contribution in [0.3, 0.4) is 0 Å². The van der Waals surface area contributed by atoms with Gasteiger partial charge in [0.25, 0.3) is 0 Å². The van der Waals surface area contributed by atoms with E-state index in [1.807, 2.05) is 30.3 Å². The Morgan fingerprint density at radius 2 is 1.69 bits per heavy atom. The van der Waals surface area contributed by atoms with Gasteiger partial charge < -0.3 is 15.2 Å². The van der Waals surface area contributed by atoms with E-state index in [-0.39, 0.29) is 24.4 Å². The van der Waals surface area contributed by atoms with Gasteiger partial charge in [-0.15, -0.1) is 12.4 Å². The fourth-order valence-electron chi connectivity index (χ4n) is 3.69. The lowest BCUT2D eigenvalue weighted by molar-refractivity contribution is -0.123. The summed E-state index contributed by atoms with van der Waals surface area (Å²) in [7, 11) is 0. The van der Waals surface area contributed by atoms with Crippen LogP contribution in [0.1, 0.15) is 70.0 Å². The highest BCUT2D eigenvalue weighted by molar-refractivity contribution is 5.85. The molecular formula is C23H39ClN2O3. The summed E-state index contributed by atoms with van der Waals surface area (Å²) in [6, 6.07) is 9.30. The van der Waals surface area contributed by atoms with Crippen LogP contribution in [0.2, 0.25) is 0 Å². The molecule has 1 heterocycles. The minimum atomic E-state index is -0.706. The van der Waals surface area contributed by atoms with Crippen LogP contribution in [0.15, 0.2) is 30.3 Å². The minimum absolute atomic E-state index is 0. The first kappa shape index (κ1) is 25.9. The molecule has 2 rings (SSSR count). The highest BCUT2D eigenvalue weighted by Gasteiger charge is 2.26. The number of aliphatic hydroxyl groups is 1. The maximum absolute atomic E-state index is 12.5. The molecule has 5 nitrogen and oxygen atoms in total. The highest BCUT2D eigenvalue weighted by atomic mass is 35.5. The van der Waals surface area contributed by atoms with Crippen molar-refractivity contribution in [2.24, 2.45) is 0 Å². The number of rotatable bonds is 13. The van der Waals surface area contributed by atoms with Crippen molar-refractivity contribution in [2.75, 3.05) is 32.8 Å². The molecule has 6 heteroatoms. The van der Waals surface area contributed by atoms with Gasteiger partial charge in [-0.3, -0.25) is 9.69 Å². The van der Waals surface area contributed by atoms with Gasteiger partial charge in [-0.1, -0.05) is 75.8 Å². The number of morpholine rings is 1. The van der Waals surface area contributed by atoms with Crippen LogP contribution in [-0.2, 0) is 9.53 Å². The Hall–Kier alpha value is -1.14. The second kappa shape index (κ2) is 15.7. The van der Waals surface area contributed by atoms with E-state index in [9.17, 15) is 9.90 Å². The molecule has 166 valence electrons. The average molecular weight is 427 g/mol. The smallest absolute Gasteiger partial charge is 0.220 e. The number of halogens is 1. The van der Waals surface area contributed by atoms with Crippen LogP contribution in [0.25, 0.3) is 0 Å². The molecule has 1 aromatic carbocycles. The maximum Gasteiger partial charge on any atom is 0.220 e. The van der Waals surface area contributed by atoms with E-state index in [1.165, 1.54) is 32.1 Å². The maximum atomic E-state index is 12.5. The standard InChI is InChI=1S/C23H38N2O3.ClH/c1-2-3-4-5-6-7-11-14-22(26)24-21(19-25-15-17-28-18-16-25)23(27)20-12-9-8-10-13-20;/h8-10,12-13,21,23,27H,2-7,11,14-19H2,1H3,(H,24,26);1H. The molecule has 1 aromatic rings. The number of benzene rings is 1. The molecule has 0 spiro atoms. The third-order valence-corrected chi connectivity index (χ3v) is 5.43. The number of aliphatic hydroxyl groups excluding tert-OH is 1. The lowest BCUT2D eigenvalue weighted by atomic mass is 10.0. The van der Waals surface area contributed by atoms with Crippen molar-refractivity contribution in [3.8, 4) is 0 Å². The summed E-state index contributed by atoms with van der Waals surface area (Å²) in [5.74, 6) is 0.0433. The van der Waals surface area contributed by atoms with Crippen molar-refractivity contribution in [3.63, 3.8) is 0 Å². The van der Waals surface area contributed by atoms with Crippen LogP contribution in [0.4, 0.5) is 0 Å². The highest BCUT2D eigenvalue weighted by Crippen LogP contribution is 2.18. The van der Waals surface area contributed by atoms with E-state index < -0.39 is 6.10 Å². The Morgan fingerprint density at radius 1 is 1.07 bits per heavy atom.